The average Bonchev–Trinajstić information content (AvgIpc) is 3.79. The number of ether oxygens (including phenoxy) is 2. The molecule has 2 aromatic carbocycles. The molecule has 0 atom stereocenters. The van der Waals surface area contributed by atoms with Crippen molar-refractivity contribution in [1.82, 2.24) is 40.0 Å². The van der Waals surface area contributed by atoms with Gasteiger partial charge in [0.05, 0.1) is 62.9 Å². The van der Waals surface area contributed by atoms with Gasteiger partial charge in [-0.1, -0.05) is 62.4 Å². The minimum absolute atomic E-state index is 0.161. The van der Waals surface area contributed by atoms with Crippen molar-refractivity contribution in [2.24, 2.45) is 10.8 Å². The second kappa shape index (κ2) is 14.7. The lowest BCUT2D eigenvalue weighted by Gasteiger charge is -2.56. The van der Waals surface area contributed by atoms with Crippen LogP contribution in [0.2, 0.25) is 0 Å². The van der Waals surface area contributed by atoms with Crippen molar-refractivity contribution in [3.63, 3.8) is 0 Å². The molecule has 2 fully saturated rings. The van der Waals surface area contributed by atoms with Gasteiger partial charge in [0.15, 0.2) is 17.3 Å². The van der Waals surface area contributed by atoms with Crippen molar-refractivity contribution in [2.45, 2.75) is 52.9 Å². The Bertz CT molecular complexity index is 1690. The highest BCUT2D eigenvalue weighted by molar-refractivity contribution is 5.95. The molecule has 0 saturated carbocycles. The van der Waals surface area contributed by atoms with Crippen LogP contribution in [0, 0.1) is 10.8 Å². The lowest BCUT2D eigenvalue weighted by atomic mass is 9.60. The molecule has 0 radical (unpaired) electrons. The van der Waals surface area contributed by atoms with Crippen LogP contribution in [0.15, 0.2) is 73.3 Å². The Hall–Kier alpha value is -5.33. The summed E-state index contributed by atoms with van der Waals surface area (Å²) in [6.07, 6.45) is 8.07. The fourth-order valence-corrected chi connectivity index (χ4v) is 7.28. The normalized spacial score (nSPS) is 20.0. The molecule has 0 aliphatic carbocycles. The van der Waals surface area contributed by atoms with Gasteiger partial charge in [-0.2, -0.15) is 10.2 Å². The molecule has 2 aliphatic heterocycles. The highest BCUT2D eigenvalue weighted by Crippen LogP contribution is 2.46. The van der Waals surface area contributed by atoms with E-state index in [0.717, 1.165) is 22.3 Å². The number of ketones is 1. The lowest BCUT2D eigenvalue weighted by molar-refractivity contribution is -0.156. The van der Waals surface area contributed by atoms with Crippen molar-refractivity contribution < 1.29 is 23.9 Å². The zero-order valence-electron chi connectivity index (χ0n) is 29.2. The Labute approximate surface area is 292 Å². The molecule has 13 heteroatoms. The second-order valence-corrected chi connectivity index (χ2v) is 13.4. The molecule has 264 valence electrons. The number of nitrogens with zero attached hydrogens (tertiary/aromatic N) is 6. The highest BCUT2D eigenvalue weighted by Gasteiger charge is 2.60. The molecule has 4 aromatic rings. The number of piperidine rings is 2. The number of likely N-dealkylation sites (tertiary alicyclic amines) is 2. The van der Waals surface area contributed by atoms with Gasteiger partial charge in [0.1, 0.15) is 0 Å². The van der Waals surface area contributed by atoms with E-state index in [1.165, 1.54) is 0 Å². The third kappa shape index (κ3) is 7.31. The summed E-state index contributed by atoms with van der Waals surface area (Å²) < 4.78 is 14.1. The molecule has 4 heterocycles. The number of methoxy groups -OCH3 is 2. The van der Waals surface area contributed by atoms with E-state index < -0.39 is 10.8 Å². The molecule has 2 bridgehead atoms. The maximum Gasteiger partial charge on any atom is 0.317 e. The number of fused-ring (bicyclic) bond motifs is 2. The van der Waals surface area contributed by atoms with Crippen LogP contribution in [-0.2, 0) is 31.0 Å². The summed E-state index contributed by atoms with van der Waals surface area (Å²) in [4.78, 5) is 44.9. The first-order chi connectivity index (χ1) is 24.2. The van der Waals surface area contributed by atoms with Crippen LogP contribution < -0.4 is 20.1 Å². The van der Waals surface area contributed by atoms with Gasteiger partial charge < -0.3 is 29.9 Å². The molecule has 0 unspecified atom stereocenters. The molecule has 2 N–H and O–H groups in total. The zero-order chi connectivity index (χ0) is 35.3. The van der Waals surface area contributed by atoms with Crippen molar-refractivity contribution in [3.8, 4) is 11.5 Å². The lowest BCUT2D eigenvalue weighted by Crippen LogP contribution is -2.72. The predicted molar refractivity (Wildman–Crippen MR) is 187 cm³/mol. The zero-order valence-corrected chi connectivity index (χ0v) is 29.2. The van der Waals surface area contributed by atoms with Crippen LogP contribution in [0.3, 0.4) is 0 Å². The quantitative estimate of drug-likeness (QED) is 0.228. The average molecular weight is 683 g/mol. The summed E-state index contributed by atoms with van der Waals surface area (Å²) in [6.45, 7) is 6.87. The molecular weight excluding hydrogens is 636 g/mol. The van der Waals surface area contributed by atoms with Crippen molar-refractivity contribution in [3.05, 3.63) is 95.6 Å². The fraction of sp³-hybridized carbons (Fsp3) is 0.432. The fourth-order valence-electron chi connectivity index (χ4n) is 7.28. The molecule has 50 heavy (non-hydrogen) atoms. The summed E-state index contributed by atoms with van der Waals surface area (Å²) in [5.74, 6) is 1.55. The summed E-state index contributed by atoms with van der Waals surface area (Å²) in [5.41, 5.74) is 2.36. The van der Waals surface area contributed by atoms with E-state index in [0.29, 0.717) is 50.5 Å². The number of aromatic nitrogens is 4. The third-order valence-corrected chi connectivity index (χ3v) is 10.1. The van der Waals surface area contributed by atoms with E-state index in [2.05, 4.69) is 20.8 Å². The summed E-state index contributed by atoms with van der Waals surface area (Å²) in [7, 11) is 3.22. The smallest absolute Gasteiger partial charge is 0.317 e. The molecule has 2 aromatic heterocycles. The van der Waals surface area contributed by atoms with Gasteiger partial charge in [0.2, 0.25) is 0 Å². The number of urea groups is 2. The summed E-state index contributed by atoms with van der Waals surface area (Å²) in [5, 5.41) is 14.8. The van der Waals surface area contributed by atoms with Crippen LogP contribution in [-0.4, -0.2) is 87.6 Å². The highest BCUT2D eigenvalue weighted by atomic mass is 16.5. The first kappa shape index (κ1) is 34.5. The van der Waals surface area contributed by atoms with Crippen LogP contribution in [0.1, 0.15) is 48.9 Å². The van der Waals surface area contributed by atoms with Crippen LogP contribution in [0.5, 0.6) is 11.5 Å². The van der Waals surface area contributed by atoms with E-state index in [1.54, 1.807) is 45.8 Å². The van der Waals surface area contributed by atoms with E-state index in [9.17, 15) is 14.4 Å². The van der Waals surface area contributed by atoms with Gasteiger partial charge in [0, 0.05) is 39.3 Å². The largest absolute Gasteiger partial charge is 0.493 e. The Kier molecular flexibility index (Phi) is 10.1. The maximum atomic E-state index is 14.1. The Morgan fingerprint density at radius 2 is 1.10 bits per heavy atom. The SMILES string of the molecule is CCC12CN(C(=O)NCc3cccc(Cn4cc(OC)cn4)c3)CC(CC)(CN(C(=O)NCc3cccc(Cn4cc(OC)cn4)c3)C1)C2=O. The van der Waals surface area contributed by atoms with E-state index in [4.69, 9.17) is 9.47 Å². The molecule has 13 nitrogen and oxygen atoms in total. The van der Waals surface area contributed by atoms with Gasteiger partial charge in [-0.25, -0.2) is 9.59 Å². The van der Waals surface area contributed by atoms with E-state index >= 15 is 0 Å². The monoisotopic (exact) mass is 682 g/mol. The third-order valence-electron chi connectivity index (χ3n) is 10.1. The first-order valence-electron chi connectivity index (χ1n) is 17.1. The minimum atomic E-state index is -0.837. The first-order valence-corrected chi connectivity index (χ1v) is 17.1. The number of Topliss-reactive ketones (excluding diaryl/α,β-unsaturated/α-hetero) is 1. The Morgan fingerprint density at radius 1 is 0.700 bits per heavy atom. The van der Waals surface area contributed by atoms with E-state index in [-0.39, 0.29) is 44.0 Å². The van der Waals surface area contributed by atoms with Gasteiger partial charge in [-0.05, 0) is 35.1 Å². The topological polar surface area (TPSA) is 136 Å². The van der Waals surface area contributed by atoms with Crippen LogP contribution >= 0.6 is 0 Å². The summed E-state index contributed by atoms with van der Waals surface area (Å²) >= 11 is 0. The molecule has 0 spiro atoms. The number of nitrogens with one attached hydrogen (secondary N) is 2. The second-order valence-electron chi connectivity index (χ2n) is 13.4. The molecular formula is C37H46N8O5. The Balaban J connectivity index is 1.07. The molecule has 2 aliphatic rings. The Morgan fingerprint density at radius 3 is 1.46 bits per heavy atom. The minimum Gasteiger partial charge on any atom is -0.493 e. The molecule has 2 saturated heterocycles. The molecule has 6 rings (SSSR count). The standard InChI is InChI=1S/C37H46N8O5/c1-5-36-23-42(34(47)38-15-27-9-7-11-29(13-27)19-44-21-31(49-3)17-40-44)25-37(6-2,33(36)46)26-43(24-36)35(48)39-16-28-10-8-12-30(14-28)20-45-22-32(50-4)18-41-45/h7-14,17-18,21-22H,5-6,15-16,19-20,23-26H2,1-4H3,(H,38,47)(H,39,48). The van der Waals surface area contributed by atoms with Gasteiger partial charge >= 0.3 is 12.1 Å². The number of amides is 4. The van der Waals surface area contributed by atoms with Gasteiger partial charge in [-0.15, -0.1) is 0 Å². The van der Waals surface area contributed by atoms with Crippen molar-refractivity contribution in [2.75, 3.05) is 40.4 Å². The van der Waals surface area contributed by atoms with E-state index in [1.807, 2.05) is 74.8 Å². The number of carbonyl (C=O) groups excluding carboxylic acids is 3. The number of hydrogen-bond donors (Lipinski definition) is 2. The van der Waals surface area contributed by atoms with Crippen LogP contribution in [0.25, 0.3) is 0 Å². The summed E-state index contributed by atoms with van der Waals surface area (Å²) in [6, 6.07) is 15.6. The number of hydrogen-bond acceptors (Lipinski definition) is 7. The van der Waals surface area contributed by atoms with Gasteiger partial charge in [-0.3, -0.25) is 14.2 Å². The van der Waals surface area contributed by atoms with Crippen LogP contribution in [0.4, 0.5) is 9.59 Å². The molecule has 4 amide bonds. The maximum absolute atomic E-state index is 14.1. The van der Waals surface area contributed by atoms with Crippen molar-refractivity contribution in [1.29, 1.82) is 0 Å². The van der Waals surface area contributed by atoms with Crippen molar-refractivity contribution >= 4 is 17.8 Å². The van der Waals surface area contributed by atoms with Gasteiger partial charge in [0.25, 0.3) is 0 Å². The number of benzene rings is 2. The predicted octanol–water partition coefficient (Wildman–Crippen LogP) is 4.31. The number of rotatable bonds is 12. The number of carbonyl (C=O) groups is 3.